The third-order valence-electron chi connectivity index (χ3n) is 6.24. The van der Waals surface area contributed by atoms with Crippen molar-refractivity contribution >= 4 is 22.7 Å². The number of aromatic nitrogens is 2. The molecule has 0 aliphatic carbocycles. The van der Waals surface area contributed by atoms with Gasteiger partial charge in [-0.15, -0.1) is 0 Å². The van der Waals surface area contributed by atoms with E-state index in [1.54, 1.807) is 17.3 Å². The zero-order valence-corrected chi connectivity index (χ0v) is 17.4. The second kappa shape index (κ2) is 8.41. The largest absolute Gasteiger partial charge is 0.487 e. The van der Waals surface area contributed by atoms with Gasteiger partial charge in [0.2, 0.25) is 11.8 Å². The molecule has 2 amide bonds. The fraction of sp³-hybridized carbons (Fsp3) is 0.375. The number of aromatic amines is 1. The van der Waals surface area contributed by atoms with E-state index in [4.69, 9.17) is 4.74 Å². The zero-order valence-electron chi connectivity index (χ0n) is 17.4. The molecule has 2 fully saturated rings. The van der Waals surface area contributed by atoms with Crippen molar-refractivity contribution in [3.63, 3.8) is 0 Å². The van der Waals surface area contributed by atoms with Crippen LogP contribution in [0, 0.1) is 0 Å². The monoisotopic (exact) mass is 418 g/mol. The number of nitrogens with zero attached hydrogens (tertiary/aromatic N) is 3. The molecule has 5 rings (SSSR count). The van der Waals surface area contributed by atoms with Gasteiger partial charge >= 0.3 is 0 Å². The molecule has 2 atom stereocenters. The molecule has 2 aromatic heterocycles. The fourth-order valence-corrected chi connectivity index (χ4v) is 4.69. The Hall–Kier alpha value is -3.35. The first-order valence-electron chi connectivity index (χ1n) is 10.9. The van der Waals surface area contributed by atoms with Crippen LogP contribution in [0.2, 0.25) is 0 Å². The lowest BCUT2D eigenvalue weighted by Crippen LogP contribution is -2.47. The number of hydrogen-bond acceptors (Lipinski definition) is 4. The molecular weight excluding hydrogens is 392 g/mol. The molecule has 2 saturated heterocycles. The Morgan fingerprint density at radius 3 is 2.77 bits per heavy atom. The van der Waals surface area contributed by atoms with Gasteiger partial charge in [0.1, 0.15) is 17.9 Å². The minimum atomic E-state index is -0.475. The number of H-pyrrole nitrogens is 1. The van der Waals surface area contributed by atoms with E-state index in [1.807, 2.05) is 47.5 Å². The van der Waals surface area contributed by atoms with Crippen molar-refractivity contribution in [2.24, 2.45) is 0 Å². The van der Waals surface area contributed by atoms with Crippen LogP contribution in [-0.4, -0.2) is 63.4 Å². The molecule has 1 N–H and O–H groups in total. The van der Waals surface area contributed by atoms with E-state index in [0.717, 1.165) is 42.4 Å². The van der Waals surface area contributed by atoms with Crippen LogP contribution in [0.15, 0.2) is 55.0 Å². The maximum absolute atomic E-state index is 13.4. The molecule has 3 aromatic rings. The number of benzene rings is 1. The van der Waals surface area contributed by atoms with Crippen molar-refractivity contribution in [3.8, 4) is 5.75 Å². The van der Waals surface area contributed by atoms with E-state index in [-0.39, 0.29) is 24.3 Å². The molecule has 4 heterocycles. The third-order valence-corrected chi connectivity index (χ3v) is 6.24. The first-order chi connectivity index (χ1) is 15.2. The number of rotatable bonds is 5. The summed E-state index contributed by atoms with van der Waals surface area (Å²) in [6.07, 6.45) is 7.82. The average Bonchev–Trinajstić information content (AvgIpc) is 3.54. The minimum absolute atomic E-state index is 0.0420. The number of fused-ring (bicyclic) bond motifs is 1. The average molecular weight is 418 g/mol. The molecule has 0 saturated carbocycles. The Kier molecular flexibility index (Phi) is 5.32. The number of ether oxygens (including phenoxy) is 1. The van der Waals surface area contributed by atoms with E-state index in [2.05, 4.69) is 9.97 Å². The summed E-state index contributed by atoms with van der Waals surface area (Å²) >= 11 is 0. The molecule has 0 spiro atoms. The lowest BCUT2D eigenvalue weighted by atomic mass is 10.1. The van der Waals surface area contributed by atoms with Crippen LogP contribution in [0.3, 0.4) is 0 Å². The van der Waals surface area contributed by atoms with Crippen LogP contribution in [0.25, 0.3) is 10.9 Å². The molecule has 0 radical (unpaired) electrons. The van der Waals surface area contributed by atoms with Crippen LogP contribution < -0.4 is 4.74 Å². The molecule has 0 unspecified atom stereocenters. The van der Waals surface area contributed by atoms with Crippen molar-refractivity contribution in [2.45, 2.75) is 37.8 Å². The molecular formula is C24H26N4O3. The van der Waals surface area contributed by atoms with Crippen molar-refractivity contribution in [2.75, 3.05) is 19.6 Å². The highest BCUT2D eigenvalue weighted by Crippen LogP contribution is 2.27. The van der Waals surface area contributed by atoms with Gasteiger partial charge in [-0.05, 0) is 36.6 Å². The summed E-state index contributed by atoms with van der Waals surface area (Å²) in [5.74, 6) is 0.660. The number of nitrogens with one attached hydrogen (secondary N) is 1. The Morgan fingerprint density at radius 2 is 1.97 bits per heavy atom. The van der Waals surface area contributed by atoms with Gasteiger partial charge in [-0.3, -0.25) is 14.6 Å². The lowest BCUT2D eigenvalue weighted by molar-refractivity contribution is -0.142. The molecule has 7 nitrogen and oxygen atoms in total. The first kappa shape index (κ1) is 19.6. The molecule has 0 bridgehead atoms. The number of amides is 2. The van der Waals surface area contributed by atoms with Gasteiger partial charge in [-0.1, -0.05) is 18.2 Å². The molecule has 160 valence electrons. The Balaban J connectivity index is 1.36. The van der Waals surface area contributed by atoms with E-state index >= 15 is 0 Å². The third kappa shape index (κ3) is 4.00. The lowest BCUT2D eigenvalue weighted by Gasteiger charge is -2.27. The minimum Gasteiger partial charge on any atom is -0.487 e. The van der Waals surface area contributed by atoms with E-state index in [0.29, 0.717) is 18.7 Å². The standard InChI is InChI=1S/C24H26N4O3/c29-23(12-17-14-26-21-8-2-1-7-20(17)21)28-16-19(31-18-6-5-9-25-15-18)13-22(28)24(30)27-10-3-4-11-27/h1-2,5-9,14-15,19,22,26H,3-4,10-13,16H2/t19-,22-/m0/s1. The summed E-state index contributed by atoms with van der Waals surface area (Å²) in [6.45, 7) is 1.95. The van der Waals surface area contributed by atoms with E-state index in [9.17, 15) is 9.59 Å². The van der Waals surface area contributed by atoms with Crippen LogP contribution in [-0.2, 0) is 16.0 Å². The Labute approximate surface area is 181 Å². The highest BCUT2D eigenvalue weighted by atomic mass is 16.5. The maximum Gasteiger partial charge on any atom is 0.245 e. The van der Waals surface area contributed by atoms with Crippen LogP contribution in [0.5, 0.6) is 5.75 Å². The number of pyridine rings is 1. The zero-order chi connectivity index (χ0) is 21.2. The first-order valence-corrected chi connectivity index (χ1v) is 10.9. The van der Waals surface area contributed by atoms with Gasteiger partial charge in [-0.2, -0.15) is 0 Å². The second-order valence-electron chi connectivity index (χ2n) is 8.29. The van der Waals surface area contributed by atoms with E-state index < -0.39 is 6.04 Å². The van der Waals surface area contributed by atoms with Crippen molar-refractivity contribution in [1.82, 2.24) is 19.8 Å². The van der Waals surface area contributed by atoms with Gasteiger partial charge < -0.3 is 19.5 Å². The SMILES string of the molecule is O=C([C@@H]1C[C@H](Oc2cccnc2)CN1C(=O)Cc1c[nH]c2ccccc12)N1CCCC1. The second-order valence-corrected chi connectivity index (χ2v) is 8.29. The summed E-state index contributed by atoms with van der Waals surface area (Å²) in [5.41, 5.74) is 1.96. The number of para-hydroxylation sites is 1. The molecule has 7 heteroatoms. The van der Waals surface area contributed by atoms with E-state index in [1.165, 1.54) is 0 Å². The molecule has 1 aromatic carbocycles. The summed E-state index contributed by atoms with van der Waals surface area (Å²) in [6, 6.07) is 11.1. The predicted octanol–water partition coefficient (Wildman–Crippen LogP) is 2.78. The van der Waals surface area contributed by atoms with Gasteiger partial charge in [0.05, 0.1) is 19.2 Å². The number of carbonyl (C=O) groups is 2. The summed E-state index contributed by atoms with van der Waals surface area (Å²) < 4.78 is 6.07. The van der Waals surface area contributed by atoms with Crippen LogP contribution in [0.1, 0.15) is 24.8 Å². The molecule has 31 heavy (non-hydrogen) atoms. The van der Waals surface area contributed by atoms with Gasteiger partial charge in [0.15, 0.2) is 0 Å². The van der Waals surface area contributed by atoms with Crippen molar-refractivity contribution < 1.29 is 14.3 Å². The maximum atomic E-state index is 13.4. The Morgan fingerprint density at radius 1 is 1.13 bits per heavy atom. The van der Waals surface area contributed by atoms with Crippen LogP contribution in [0.4, 0.5) is 0 Å². The van der Waals surface area contributed by atoms with Gasteiger partial charge in [0, 0.05) is 42.8 Å². The fourth-order valence-electron chi connectivity index (χ4n) is 4.69. The summed E-state index contributed by atoms with van der Waals surface area (Å²) in [7, 11) is 0. The normalized spacial score (nSPS) is 21.0. The highest BCUT2D eigenvalue weighted by Gasteiger charge is 2.42. The van der Waals surface area contributed by atoms with Gasteiger partial charge in [-0.25, -0.2) is 0 Å². The number of carbonyl (C=O) groups excluding carboxylic acids is 2. The summed E-state index contributed by atoms with van der Waals surface area (Å²) in [5, 5.41) is 1.04. The van der Waals surface area contributed by atoms with Crippen molar-refractivity contribution in [3.05, 3.63) is 60.6 Å². The van der Waals surface area contributed by atoms with Gasteiger partial charge in [0.25, 0.3) is 0 Å². The topological polar surface area (TPSA) is 78.5 Å². The number of likely N-dealkylation sites (tertiary alicyclic amines) is 2. The highest BCUT2D eigenvalue weighted by molar-refractivity contribution is 5.92. The number of hydrogen-bond donors (Lipinski definition) is 1. The van der Waals surface area contributed by atoms with Crippen molar-refractivity contribution in [1.29, 1.82) is 0 Å². The quantitative estimate of drug-likeness (QED) is 0.691. The molecule has 2 aliphatic heterocycles. The van der Waals surface area contributed by atoms with Crippen LogP contribution >= 0.6 is 0 Å². The Bertz CT molecular complexity index is 1070. The predicted molar refractivity (Wildman–Crippen MR) is 117 cm³/mol. The smallest absolute Gasteiger partial charge is 0.245 e. The molecule has 2 aliphatic rings. The summed E-state index contributed by atoms with van der Waals surface area (Å²) in [4.78, 5) is 37.5.